The van der Waals surface area contributed by atoms with Crippen molar-refractivity contribution in [3.63, 3.8) is 0 Å². The first-order valence-electron chi connectivity index (χ1n) is 8.50. The molecule has 0 aliphatic heterocycles. The number of sulfonamides is 1. The molecule has 3 aromatic carbocycles. The Morgan fingerprint density at radius 3 is 2.14 bits per heavy atom. The van der Waals surface area contributed by atoms with Crippen LogP contribution in [0.5, 0.6) is 0 Å². The summed E-state index contributed by atoms with van der Waals surface area (Å²) in [5.41, 5.74) is 2.65. The topological polar surface area (TPSA) is 75.3 Å². The highest BCUT2D eigenvalue weighted by atomic mass is 32.2. The first kappa shape index (κ1) is 19.4. The fourth-order valence-electron chi connectivity index (χ4n) is 2.45. The Morgan fingerprint density at radius 1 is 0.821 bits per heavy atom. The average molecular weight is 390 g/mol. The third-order valence-corrected chi connectivity index (χ3v) is 5.37. The van der Waals surface area contributed by atoms with Crippen LogP contribution in [0.4, 0.5) is 5.69 Å². The van der Waals surface area contributed by atoms with Gasteiger partial charge in [-0.25, -0.2) is 13.1 Å². The van der Waals surface area contributed by atoms with Gasteiger partial charge in [-0.05, 0) is 61.6 Å². The molecule has 0 atom stereocenters. The molecule has 0 fully saturated rings. The van der Waals surface area contributed by atoms with Crippen LogP contribution in [0.3, 0.4) is 0 Å². The van der Waals surface area contributed by atoms with Crippen LogP contribution in [0.2, 0.25) is 0 Å². The predicted molar refractivity (Wildman–Crippen MR) is 110 cm³/mol. The zero-order valence-corrected chi connectivity index (χ0v) is 16.0. The monoisotopic (exact) mass is 390 g/mol. The molecule has 0 unspecified atom stereocenters. The minimum atomic E-state index is -3.53. The van der Waals surface area contributed by atoms with Crippen LogP contribution in [0.25, 0.3) is 0 Å². The van der Waals surface area contributed by atoms with Gasteiger partial charge in [0.05, 0.1) is 4.90 Å². The van der Waals surface area contributed by atoms with E-state index in [9.17, 15) is 13.2 Å². The number of carbonyl (C=O) groups excluding carboxylic acids is 1. The van der Waals surface area contributed by atoms with Crippen molar-refractivity contribution in [1.82, 2.24) is 4.72 Å². The van der Waals surface area contributed by atoms with Gasteiger partial charge < -0.3 is 5.32 Å². The van der Waals surface area contributed by atoms with Crippen molar-refractivity contribution < 1.29 is 13.2 Å². The Bertz CT molecular complexity index is 1140. The maximum Gasteiger partial charge on any atom is 0.255 e. The number of amides is 1. The molecule has 6 heteroatoms. The number of hydrogen-bond donors (Lipinski definition) is 2. The summed E-state index contributed by atoms with van der Waals surface area (Å²) in [7, 11) is -2.19. The van der Waals surface area contributed by atoms with E-state index < -0.39 is 10.0 Å². The Morgan fingerprint density at radius 2 is 1.46 bits per heavy atom. The van der Waals surface area contributed by atoms with Gasteiger partial charge in [-0.3, -0.25) is 4.79 Å². The van der Waals surface area contributed by atoms with Gasteiger partial charge in [-0.2, -0.15) is 0 Å². The van der Waals surface area contributed by atoms with Crippen LogP contribution in [0, 0.1) is 11.8 Å². The molecule has 0 saturated carbocycles. The maximum absolute atomic E-state index is 12.4. The van der Waals surface area contributed by atoms with E-state index in [0.29, 0.717) is 11.3 Å². The SMILES string of the molecule is CNS(=O)(=O)c1ccc(C(=O)Nc2cccc(C#Cc3ccccc3)c2)cc1. The normalized spacial score (nSPS) is 10.6. The van der Waals surface area contributed by atoms with Crippen LogP contribution in [0.1, 0.15) is 21.5 Å². The fourth-order valence-corrected chi connectivity index (χ4v) is 3.18. The number of benzene rings is 3. The number of carbonyl (C=O) groups is 1. The summed E-state index contributed by atoms with van der Waals surface area (Å²) in [6, 6.07) is 22.6. The van der Waals surface area contributed by atoms with E-state index in [-0.39, 0.29) is 10.8 Å². The van der Waals surface area contributed by atoms with E-state index in [1.54, 1.807) is 12.1 Å². The first-order valence-corrected chi connectivity index (χ1v) is 9.98. The summed E-state index contributed by atoms with van der Waals surface area (Å²) < 4.78 is 25.7. The van der Waals surface area contributed by atoms with Crippen LogP contribution in [-0.2, 0) is 10.0 Å². The Labute approximate surface area is 164 Å². The molecule has 5 nitrogen and oxygen atoms in total. The molecule has 0 aliphatic carbocycles. The molecule has 0 heterocycles. The lowest BCUT2D eigenvalue weighted by Gasteiger charge is -2.07. The standard InChI is InChI=1S/C22H18N2O3S/c1-23-28(26,27)21-14-12-19(13-15-21)22(25)24-20-9-5-8-18(16-20)11-10-17-6-3-2-4-7-17/h2-9,12-16,23H,1H3,(H,24,25). The lowest BCUT2D eigenvalue weighted by Crippen LogP contribution is -2.19. The minimum Gasteiger partial charge on any atom is -0.322 e. The molecular formula is C22H18N2O3S. The highest BCUT2D eigenvalue weighted by molar-refractivity contribution is 7.89. The molecule has 0 radical (unpaired) electrons. The van der Waals surface area contributed by atoms with Gasteiger partial charge in [0.1, 0.15) is 0 Å². The van der Waals surface area contributed by atoms with Crippen molar-refractivity contribution in [2.24, 2.45) is 0 Å². The Balaban J connectivity index is 1.74. The molecule has 3 rings (SSSR count). The molecule has 0 saturated heterocycles. The molecule has 0 aromatic heterocycles. The van der Waals surface area contributed by atoms with Crippen LogP contribution in [-0.4, -0.2) is 21.4 Å². The van der Waals surface area contributed by atoms with Gasteiger partial charge >= 0.3 is 0 Å². The summed E-state index contributed by atoms with van der Waals surface area (Å²) in [5.74, 6) is 5.81. The molecule has 0 aliphatic rings. The predicted octanol–water partition coefficient (Wildman–Crippen LogP) is 3.25. The molecule has 28 heavy (non-hydrogen) atoms. The van der Waals surface area contributed by atoms with E-state index in [4.69, 9.17) is 0 Å². The molecule has 3 aromatic rings. The highest BCUT2D eigenvalue weighted by Gasteiger charge is 2.12. The first-order chi connectivity index (χ1) is 13.5. The average Bonchev–Trinajstić information content (AvgIpc) is 2.73. The van der Waals surface area contributed by atoms with Crippen LogP contribution in [0.15, 0.2) is 83.8 Å². The van der Waals surface area contributed by atoms with Crippen molar-refractivity contribution >= 4 is 21.6 Å². The number of nitrogens with one attached hydrogen (secondary N) is 2. The summed E-state index contributed by atoms with van der Waals surface area (Å²) in [4.78, 5) is 12.5. The second-order valence-corrected chi connectivity index (χ2v) is 7.77. The summed E-state index contributed by atoms with van der Waals surface area (Å²) in [6.45, 7) is 0. The quantitative estimate of drug-likeness (QED) is 0.672. The Kier molecular flexibility index (Phi) is 5.90. The molecular weight excluding hydrogens is 372 g/mol. The lowest BCUT2D eigenvalue weighted by molar-refractivity contribution is 0.102. The van der Waals surface area contributed by atoms with Crippen molar-refractivity contribution in [2.45, 2.75) is 4.90 Å². The number of hydrogen-bond acceptors (Lipinski definition) is 3. The van der Waals surface area contributed by atoms with Crippen molar-refractivity contribution in [3.8, 4) is 11.8 Å². The van der Waals surface area contributed by atoms with E-state index in [2.05, 4.69) is 21.9 Å². The third kappa shape index (κ3) is 4.86. The summed E-state index contributed by atoms with van der Waals surface area (Å²) in [6.07, 6.45) is 0. The van der Waals surface area contributed by atoms with Gasteiger partial charge in [0.15, 0.2) is 0 Å². The van der Waals surface area contributed by atoms with Gasteiger partial charge in [0, 0.05) is 22.4 Å². The molecule has 1 amide bonds. The van der Waals surface area contributed by atoms with Crippen molar-refractivity contribution in [1.29, 1.82) is 0 Å². The second kappa shape index (κ2) is 8.53. The van der Waals surface area contributed by atoms with E-state index in [0.717, 1.165) is 11.1 Å². The molecule has 140 valence electrons. The highest BCUT2D eigenvalue weighted by Crippen LogP contribution is 2.14. The zero-order chi connectivity index (χ0) is 20.0. The Hall–Kier alpha value is -3.40. The van der Waals surface area contributed by atoms with Gasteiger partial charge in [-0.15, -0.1) is 0 Å². The van der Waals surface area contributed by atoms with E-state index >= 15 is 0 Å². The lowest BCUT2D eigenvalue weighted by atomic mass is 10.1. The van der Waals surface area contributed by atoms with E-state index in [1.165, 1.54) is 31.3 Å². The third-order valence-electron chi connectivity index (χ3n) is 3.94. The van der Waals surface area contributed by atoms with Crippen molar-refractivity contribution in [3.05, 3.63) is 95.6 Å². The zero-order valence-electron chi connectivity index (χ0n) is 15.1. The molecule has 2 N–H and O–H groups in total. The summed E-state index contributed by atoms with van der Waals surface area (Å²) in [5, 5.41) is 2.80. The number of anilines is 1. The fraction of sp³-hybridized carbons (Fsp3) is 0.0455. The molecule has 0 spiro atoms. The van der Waals surface area contributed by atoms with Crippen molar-refractivity contribution in [2.75, 3.05) is 12.4 Å². The van der Waals surface area contributed by atoms with E-state index in [1.807, 2.05) is 42.5 Å². The largest absolute Gasteiger partial charge is 0.322 e. The summed E-state index contributed by atoms with van der Waals surface area (Å²) >= 11 is 0. The van der Waals surface area contributed by atoms with Gasteiger partial charge in [-0.1, -0.05) is 36.1 Å². The van der Waals surface area contributed by atoms with Gasteiger partial charge in [0.2, 0.25) is 10.0 Å². The smallest absolute Gasteiger partial charge is 0.255 e. The van der Waals surface area contributed by atoms with Crippen LogP contribution >= 0.6 is 0 Å². The number of rotatable bonds is 4. The molecule has 0 bridgehead atoms. The van der Waals surface area contributed by atoms with Crippen LogP contribution < -0.4 is 10.0 Å². The maximum atomic E-state index is 12.4. The second-order valence-electron chi connectivity index (χ2n) is 5.88. The van der Waals surface area contributed by atoms with Gasteiger partial charge in [0.25, 0.3) is 5.91 Å². The minimum absolute atomic E-state index is 0.102.